The summed E-state index contributed by atoms with van der Waals surface area (Å²) in [5.41, 5.74) is 1.56. The molecule has 2 heterocycles. The Hall–Kier alpha value is -3.86. The zero-order valence-corrected chi connectivity index (χ0v) is 24.6. The van der Waals surface area contributed by atoms with E-state index in [0.717, 1.165) is 36.8 Å². The van der Waals surface area contributed by atoms with Crippen LogP contribution in [0.25, 0.3) is 22.8 Å². The number of methoxy groups -OCH3 is 1. The van der Waals surface area contributed by atoms with E-state index in [4.69, 9.17) is 26.4 Å². The SMILES string of the molecule is COc1ccc(-c2nc(-c3ccncc3)nn2CCN(C(=O)C[C@H]2C(=O)C[C@@H](C)[C@H]2C[N+](=O)[O-])C2CCCC2)cc1Cl. The van der Waals surface area contributed by atoms with Gasteiger partial charge in [-0.2, -0.15) is 5.10 Å². The van der Waals surface area contributed by atoms with Crippen molar-refractivity contribution < 1.29 is 19.2 Å². The van der Waals surface area contributed by atoms with Crippen LogP contribution in [0.3, 0.4) is 0 Å². The number of nitro groups is 1. The van der Waals surface area contributed by atoms with Gasteiger partial charge in [0.1, 0.15) is 11.5 Å². The molecule has 0 radical (unpaired) electrons. The molecule has 2 aromatic heterocycles. The van der Waals surface area contributed by atoms with Gasteiger partial charge in [-0.3, -0.25) is 24.7 Å². The molecular formula is C30H35ClN6O5. The van der Waals surface area contributed by atoms with E-state index in [0.29, 0.717) is 35.5 Å². The number of Topliss-reactive ketones (excluding diaryl/α,β-unsaturated/α-hetero) is 1. The highest BCUT2D eigenvalue weighted by molar-refractivity contribution is 6.32. The Morgan fingerprint density at radius 3 is 2.60 bits per heavy atom. The van der Waals surface area contributed by atoms with Gasteiger partial charge in [-0.25, -0.2) is 9.67 Å². The Morgan fingerprint density at radius 2 is 1.93 bits per heavy atom. The van der Waals surface area contributed by atoms with Gasteiger partial charge in [0.05, 0.1) is 18.7 Å². The summed E-state index contributed by atoms with van der Waals surface area (Å²) in [6, 6.07) is 9.14. The van der Waals surface area contributed by atoms with Gasteiger partial charge in [-0.15, -0.1) is 0 Å². The lowest BCUT2D eigenvalue weighted by molar-refractivity contribution is -0.490. The molecule has 0 unspecified atom stereocenters. The van der Waals surface area contributed by atoms with Gasteiger partial charge in [-0.05, 0) is 49.1 Å². The lowest BCUT2D eigenvalue weighted by Crippen LogP contribution is -2.43. The Balaban J connectivity index is 1.42. The second-order valence-corrected chi connectivity index (χ2v) is 11.6. The van der Waals surface area contributed by atoms with Crippen molar-refractivity contribution in [3.8, 4) is 28.5 Å². The van der Waals surface area contributed by atoms with E-state index in [1.54, 1.807) is 36.3 Å². The molecule has 0 bridgehead atoms. The van der Waals surface area contributed by atoms with Crippen molar-refractivity contribution in [2.24, 2.45) is 17.8 Å². The van der Waals surface area contributed by atoms with Crippen LogP contribution in [0.15, 0.2) is 42.7 Å². The minimum Gasteiger partial charge on any atom is -0.495 e. The van der Waals surface area contributed by atoms with Crippen LogP contribution in [0.2, 0.25) is 5.02 Å². The first-order valence-corrected chi connectivity index (χ1v) is 14.8. The smallest absolute Gasteiger partial charge is 0.223 e. The van der Waals surface area contributed by atoms with Crippen molar-refractivity contribution in [1.82, 2.24) is 24.6 Å². The molecule has 0 saturated heterocycles. The molecule has 0 spiro atoms. The number of aromatic nitrogens is 4. The van der Waals surface area contributed by atoms with E-state index in [-0.39, 0.29) is 48.0 Å². The largest absolute Gasteiger partial charge is 0.495 e. The van der Waals surface area contributed by atoms with Gasteiger partial charge in [-0.1, -0.05) is 31.4 Å². The monoisotopic (exact) mass is 594 g/mol. The molecule has 42 heavy (non-hydrogen) atoms. The summed E-state index contributed by atoms with van der Waals surface area (Å²) in [5.74, 6) is 0.320. The first kappa shape index (κ1) is 29.6. The summed E-state index contributed by atoms with van der Waals surface area (Å²) < 4.78 is 7.09. The van der Waals surface area contributed by atoms with Crippen molar-refractivity contribution in [3.63, 3.8) is 0 Å². The number of hydrogen-bond acceptors (Lipinski definition) is 8. The standard InChI is InChI=1S/C30H35ClN6O5/c1-19-15-26(38)23(24(19)18-37(40)41)17-28(39)35(22-5-3-4-6-22)13-14-36-30(21-7-8-27(42-2)25(31)16-21)33-29(34-36)20-9-11-32-12-10-20/h7-12,16,19,22-24H,3-6,13-15,17-18H2,1-2H3/t19-,23-,24-/m1/s1. The number of hydrogen-bond donors (Lipinski definition) is 0. The van der Waals surface area contributed by atoms with Gasteiger partial charge in [0.2, 0.25) is 12.5 Å². The topological polar surface area (TPSA) is 133 Å². The molecule has 0 aliphatic heterocycles. The number of carbonyl (C=O) groups is 2. The summed E-state index contributed by atoms with van der Waals surface area (Å²) in [5, 5.41) is 16.6. The Labute approximate surface area is 249 Å². The summed E-state index contributed by atoms with van der Waals surface area (Å²) in [6.45, 7) is 2.31. The minimum absolute atomic E-state index is 0.00124. The molecule has 2 fully saturated rings. The molecule has 2 aliphatic rings. The minimum atomic E-state index is -0.622. The maximum atomic E-state index is 13.8. The third-order valence-corrected chi connectivity index (χ3v) is 8.89. The van der Waals surface area contributed by atoms with E-state index in [9.17, 15) is 19.7 Å². The van der Waals surface area contributed by atoms with Crippen LogP contribution >= 0.6 is 11.6 Å². The Bertz CT molecular complexity index is 1440. The third kappa shape index (κ3) is 6.46. The second kappa shape index (κ2) is 13.0. The van der Waals surface area contributed by atoms with Crippen molar-refractivity contribution in [3.05, 3.63) is 57.9 Å². The molecule has 12 heteroatoms. The quantitative estimate of drug-likeness (QED) is 0.225. The van der Waals surface area contributed by atoms with Crippen LogP contribution in [-0.4, -0.2) is 67.5 Å². The van der Waals surface area contributed by atoms with E-state index >= 15 is 0 Å². The van der Waals surface area contributed by atoms with Crippen LogP contribution in [0.5, 0.6) is 5.75 Å². The van der Waals surface area contributed by atoms with Crippen molar-refractivity contribution in [2.45, 2.75) is 58.0 Å². The van der Waals surface area contributed by atoms with Crippen LogP contribution < -0.4 is 4.74 Å². The molecule has 2 saturated carbocycles. The first-order chi connectivity index (χ1) is 20.2. The third-order valence-electron chi connectivity index (χ3n) is 8.60. The van der Waals surface area contributed by atoms with Crippen LogP contribution in [0.4, 0.5) is 0 Å². The van der Waals surface area contributed by atoms with Gasteiger partial charge in [0.25, 0.3) is 0 Å². The zero-order chi connectivity index (χ0) is 29.8. The summed E-state index contributed by atoms with van der Waals surface area (Å²) in [7, 11) is 1.55. The van der Waals surface area contributed by atoms with Gasteiger partial charge in [0, 0.05) is 65.7 Å². The van der Waals surface area contributed by atoms with Gasteiger partial charge in [0.15, 0.2) is 11.6 Å². The number of amides is 1. The molecule has 11 nitrogen and oxygen atoms in total. The van der Waals surface area contributed by atoms with Crippen LogP contribution in [0.1, 0.15) is 45.4 Å². The highest BCUT2D eigenvalue weighted by Crippen LogP contribution is 2.37. The second-order valence-electron chi connectivity index (χ2n) is 11.2. The average molecular weight is 595 g/mol. The van der Waals surface area contributed by atoms with Crippen molar-refractivity contribution in [1.29, 1.82) is 0 Å². The molecule has 0 N–H and O–H groups in total. The lowest BCUT2D eigenvalue weighted by atomic mass is 9.87. The highest BCUT2D eigenvalue weighted by atomic mass is 35.5. The summed E-state index contributed by atoms with van der Waals surface area (Å²) in [4.78, 5) is 48.3. The fraction of sp³-hybridized carbons (Fsp3) is 0.500. The molecule has 2 aliphatic carbocycles. The molecule has 3 atom stereocenters. The summed E-state index contributed by atoms with van der Waals surface area (Å²) >= 11 is 6.44. The number of ether oxygens (including phenoxy) is 1. The van der Waals surface area contributed by atoms with E-state index in [2.05, 4.69) is 4.98 Å². The zero-order valence-electron chi connectivity index (χ0n) is 23.8. The molecule has 3 aromatic rings. The molecule has 1 amide bonds. The fourth-order valence-electron chi connectivity index (χ4n) is 6.37. The Kier molecular flexibility index (Phi) is 9.15. The summed E-state index contributed by atoms with van der Waals surface area (Å²) in [6.07, 6.45) is 7.48. The van der Waals surface area contributed by atoms with Gasteiger partial charge >= 0.3 is 0 Å². The van der Waals surface area contributed by atoms with Crippen LogP contribution in [0, 0.1) is 27.9 Å². The number of ketones is 1. The maximum Gasteiger partial charge on any atom is 0.223 e. The molecular weight excluding hydrogens is 560 g/mol. The number of nitrogens with zero attached hydrogens (tertiary/aromatic N) is 6. The van der Waals surface area contributed by atoms with Crippen LogP contribution in [-0.2, 0) is 16.1 Å². The number of benzene rings is 1. The highest BCUT2D eigenvalue weighted by Gasteiger charge is 2.44. The number of carbonyl (C=O) groups excluding carboxylic acids is 2. The van der Waals surface area contributed by atoms with Gasteiger partial charge < -0.3 is 9.64 Å². The first-order valence-electron chi connectivity index (χ1n) is 14.4. The van der Waals surface area contributed by atoms with Crippen molar-refractivity contribution >= 4 is 23.3 Å². The van der Waals surface area contributed by atoms with E-state index in [1.165, 1.54) is 0 Å². The van der Waals surface area contributed by atoms with E-state index in [1.807, 2.05) is 30.0 Å². The van der Waals surface area contributed by atoms with Crippen molar-refractivity contribution in [2.75, 3.05) is 20.2 Å². The average Bonchev–Trinajstić information content (AvgIpc) is 3.71. The molecule has 5 rings (SSSR count). The van der Waals surface area contributed by atoms with E-state index < -0.39 is 11.8 Å². The molecule has 222 valence electrons. The normalized spacial score (nSPS) is 20.6. The Morgan fingerprint density at radius 1 is 1.19 bits per heavy atom. The fourth-order valence-corrected chi connectivity index (χ4v) is 6.63. The maximum absolute atomic E-state index is 13.8. The number of rotatable bonds is 11. The lowest BCUT2D eigenvalue weighted by Gasteiger charge is -2.31. The molecule has 1 aromatic carbocycles. The number of halogens is 1. The number of pyridine rings is 1. The predicted octanol–water partition coefficient (Wildman–Crippen LogP) is 4.95. The predicted molar refractivity (Wildman–Crippen MR) is 156 cm³/mol.